The van der Waals surface area contributed by atoms with E-state index in [4.69, 9.17) is 9.47 Å². The van der Waals surface area contributed by atoms with Crippen molar-refractivity contribution in [3.8, 4) is 11.5 Å². The van der Waals surface area contributed by atoms with Crippen molar-refractivity contribution in [2.24, 2.45) is 0 Å². The van der Waals surface area contributed by atoms with E-state index in [-0.39, 0.29) is 5.91 Å². The number of rotatable bonds is 8. The van der Waals surface area contributed by atoms with Crippen molar-refractivity contribution in [1.29, 1.82) is 0 Å². The molecule has 23 heavy (non-hydrogen) atoms. The fourth-order valence-electron chi connectivity index (χ4n) is 2.32. The third-order valence-electron chi connectivity index (χ3n) is 3.68. The molecule has 0 bridgehead atoms. The van der Waals surface area contributed by atoms with Crippen LogP contribution in [-0.2, 0) is 9.59 Å². The van der Waals surface area contributed by atoms with Crippen LogP contribution < -0.4 is 14.8 Å². The standard InChI is InChI=1S/C16H23N3O4/c1-22-14-2-4-15(5-3-14)23-11-6-17-16(21)12-18-7-9-19(13-20)10-8-18/h2-5,13H,6-12H2,1H3,(H,17,21). The largest absolute Gasteiger partial charge is 0.497 e. The van der Waals surface area contributed by atoms with Gasteiger partial charge in [0, 0.05) is 26.2 Å². The van der Waals surface area contributed by atoms with Crippen LogP contribution in [0.3, 0.4) is 0 Å². The number of hydrogen-bond acceptors (Lipinski definition) is 5. The number of piperazine rings is 1. The van der Waals surface area contributed by atoms with Crippen molar-refractivity contribution < 1.29 is 19.1 Å². The number of carbonyl (C=O) groups excluding carboxylic acids is 2. The Kier molecular flexibility index (Phi) is 6.68. The van der Waals surface area contributed by atoms with Crippen molar-refractivity contribution in [3.05, 3.63) is 24.3 Å². The van der Waals surface area contributed by atoms with Crippen molar-refractivity contribution >= 4 is 12.3 Å². The van der Waals surface area contributed by atoms with E-state index in [2.05, 4.69) is 5.32 Å². The van der Waals surface area contributed by atoms with E-state index in [0.717, 1.165) is 31.0 Å². The van der Waals surface area contributed by atoms with Crippen LogP contribution in [-0.4, -0.2) is 75.1 Å². The minimum Gasteiger partial charge on any atom is -0.497 e. The smallest absolute Gasteiger partial charge is 0.234 e. The monoisotopic (exact) mass is 321 g/mol. The lowest BCUT2D eigenvalue weighted by Crippen LogP contribution is -2.49. The molecule has 0 saturated carbocycles. The summed E-state index contributed by atoms with van der Waals surface area (Å²) in [7, 11) is 1.62. The quantitative estimate of drug-likeness (QED) is 0.538. The summed E-state index contributed by atoms with van der Waals surface area (Å²) in [5.41, 5.74) is 0. The number of amides is 2. The maximum atomic E-state index is 11.8. The molecule has 1 fully saturated rings. The first kappa shape index (κ1) is 17.1. The zero-order valence-corrected chi connectivity index (χ0v) is 13.4. The number of methoxy groups -OCH3 is 1. The number of carbonyl (C=O) groups is 2. The summed E-state index contributed by atoms with van der Waals surface area (Å²) >= 11 is 0. The first-order chi connectivity index (χ1) is 11.2. The Morgan fingerprint density at radius 3 is 2.43 bits per heavy atom. The van der Waals surface area contributed by atoms with Crippen molar-refractivity contribution in [2.75, 3.05) is 53.0 Å². The Morgan fingerprint density at radius 2 is 1.83 bits per heavy atom. The molecule has 126 valence electrons. The summed E-state index contributed by atoms with van der Waals surface area (Å²) < 4.78 is 10.6. The fraction of sp³-hybridized carbons (Fsp3) is 0.500. The van der Waals surface area contributed by atoms with Gasteiger partial charge < -0.3 is 19.7 Å². The molecule has 0 spiro atoms. The number of hydrogen-bond donors (Lipinski definition) is 1. The van der Waals surface area contributed by atoms with Gasteiger partial charge in [-0.15, -0.1) is 0 Å². The van der Waals surface area contributed by atoms with E-state index < -0.39 is 0 Å². The van der Waals surface area contributed by atoms with Gasteiger partial charge in [0.2, 0.25) is 12.3 Å². The van der Waals surface area contributed by atoms with E-state index in [9.17, 15) is 9.59 Å². The van der Waals surface area contributed by atoms with Gasteiger partial charge >= 0.3 is 0 Å². The average molecular weight is 321 g/mol. The van der Waals surface area contributed by atoms with Crippen LogP contribution >= 0.6 is 0 Å². The molecule has 1 N–H and O–H groups in total. The maximum Gasteiger partial charge on any atom is 0.234 e. The summed E-state index contributed by atoms with van der Waals surface area (Å²) in [6, 6.07) is 7.31. The van der Waals surface area contributed by atoms with Crippen LogP contribution in [0.25, 0.3) is 0 Å². The Hall–Kier alpha value is -2.28. The summed E-state index contributed by atoms with van der Waals surface area (Å²) in [6.07, 6.45) is 0.855. The third kappa shape index (κ3) is 5.78. The molecule has 1 heterocycles. The first-order valence-electron chi connectivity index (χ1n) is 7.66. The highest BCUT2D eigenvalue weighted by Gasteiger charge is 2.17. The molecule has 2 rings (SSSR count). The SMILES string of the molecule is COc1ccc(OCCNC(=O)CN2CCN(C=O)CC2)cc1. The molecule has 1 aromatic carbocycles. The third-order valence-corrected chi connectivity index (χ3v) is 3.68. The molecule has 0 atom stereocenters. The van der Waals surface area contributed by atoms with E-state index in [1.54, 1.807) is 12.0 Å². The summed E-state index contributed by atoms with van der Waals surface area (Å²) in [5, 5.41) is 2.83. The van der Waals surface area contributed by atoms with Gasteiger partial charge in [0.1, 0.15) is 18.1 Å². The second-order valence-corrected chi connectivity index (χ2v) is 5.29. The second-order valence-electron chi connectivity index (χ2n) is 5.29. The van der Waals surface area contributed by atoms with Crippen LogP contribution in [0.15, 0.2) is 24.3 Å². The van der Waals surface area contributed by atoms with Gasteiger partial charge in [-0.3, -0.25) is 14.5 Å². The molecule has 7 nitrogen and oxygen atoms in total. The number of nitrogens with zero attached hydrogens (tertiary/aromatic N) is 2. The van der Waals surface area contributed by atoms with Crippen LogP contribution in [0.2, 0.25) is 0 Å². The van der Waals surface area contributed by atoms with Crippen LogP contribution in [0.4, 0.5) is 0 Å². The van der Waals surface area contributed by atoms with Gasteiger partial charge in [-0.25, -0.2) is 0 Å². The molecule has 0 radical (unpaired) electrons. The molecule has 7 heteroatoms. The summed E-state index contributed by atoms with van der Waals surface area (Å²) in [5.74, 6) is 1.49. The zero-order chi connectivity index (χ0) is 16.5. The molecule has 0 unspecified atom stereocenters. The minimum absolute atomic E-state index is 0.0251. The molecule has 1 saturated heterocycles. The molecule has 0 aromatic heterocycles. The second kappa shape index (κ2) is 8.99. The van der Waals surface area contributed by atoms with Crippen LogP contribution in [0.1, 0.15) is 0 Å². The van der Waals surface area contributed by atoms with Gasteiger partial charge in [0.15, 0.2) is 0 Å². The molecule has 1 aromatic rings. The number of ether oxygens (including phenoxy) is 2. The van der Waals surface area contributed by atoms with Crippen molar-refractivity contribution in [3.63, 3.8) is 0 Å². The highest BCUT2D eigenvalue weighted by atomic mass is 16.5. The fourth-order valence-corrected chi connectivity index (χ4v) is 2.32. The normalized spacial score (nSPS) is 15.1. The highest BCUT2D eigenvalue weighted by molar-refractivity contribution is 5.78. The number of benzene rings is 1. The average Bonchev–Trinajstić information content (AvgIpc) is 2.60. The van der Waals surface area contributed by atoms with E-state index in [1.807, 2.05) is 29.2 Å². The van der Waals surface area contributed by atoms with E-state index in [0.29, 0.717) is 32.8 Å². The van der Waals surface area contributed by atoms with Crippen molar-refractivity contribution in [2.45, 2.75) is 0 Å². The van der Waals surface area contributed by atoms with Gasteiger partial charge in [-0.2, -0.15) is 0 Å². The Bertz CT molecular complexity index is 499. The zero-order valence-electron chi connectivity index (χ0n) is 13.4. The molecule has 2 amide bonds. The number of nitrogens with one attached hydrogen (secondary N) is 1. The Labute approximate surface area is 136 Å². The van der Waals surface area contributed by atoms with Crippen molar-refractivity contribution in [1.82, 2.24) is 15.1 Å². The molecule has 1 aliphatic heterocycles. The lowest BCUT2D eigenvalue weighted by Gasteiger charge is -2.31. The maximum absolute atomic E-state index is 11.8. The summed E-state index contributed by atoms with van der Waals surface area (Å²) in [4.78, 5) is 26.2. The Morgan fingerprint density at radius 1 is 1.17 bits per heavy atom. The van der Waals surface area contributed by atoms with Gasteiger partial charge in [-0.1, -0.05) is 0 Å². The van der Waals surface area contributed by atoms with E-state index in [1.165, 1.54) is 0 Å². The lowest BCUT2D eigenvalue weighted by molar-refractivity contribution is -0.123. The summed E-state index contributed by atoms with van der Waals surface area (Å²) in [6.45, 7) is 4.04. The first-order valence-corrected chi connectivity index (χ1v) is 7.66. The van der Waals surface area contributed by atoms with Gasteiger partial charge in [0.05, 0.1) is 20.2 Å². The van der Waals surface area contributed by atoms with Gasteiger partial charge in [0.25, 0.3) is 0 Å². The predicted molar refractivity (Wildman–Crippen MR) is 85.6 cm³/mol. The van der Waals surface area contributed by atoms with E-state index >= 15 is 0 Å². The topological polar surface area (TPSA) is 71.1 Å². The Balaban J connectivity index is 1.58. The molecule has 0 aliphatic carbocycles. The minimum atomic E-state index is -0.0251. The predicted octanol–water partition coefficient (Wildman–Crippen LogP) is -0.0358. The molecular weight excluding hydrogens is 298 g/mol. The van der Waals surface area contributed by atoms with Crippen LogP contribution in [0.5, 0.6) is 11.5 Å². The van der Waals surface area contributed by atoms with Crippen LogP contribution in [0, 0.1) is 0 Å². The van der Waals surface area contributed by atoms with Gasteiger partial charge in [-0.05, 0) is 24.3 Å². The molecular formula is C16H23N3O4. The molecule has 1 aliphatic rings. The highest BCUT2D eigenvalue weighted by Crippen LogP contribution is 2.16. The lowest BCUT2D eigenvalue weighted by atomic mass is 10.3.